The van der Waals surface area contributed by atoms with Crippen LogP contribution in [-0.4, -0.2) is 98.6 Å². The predicted octanol–water partition coefficient (Wildman–Crippen LogP) is 4.07. The van der Waals surface area contributed by atoms with Crippen molar-refractivity contribution in [3.8, 4) is 0 Å². The molecule has 3 aromatic heterocycles. The molecule has 0 N–H and O–H groups in total. The van der Waals surface area contributed by atoms with E-state index in [0.717, 1.165) is 16.3 Å². The highest BCUT2D eigenvalue weighted by Gasteiger charge is 2.35. The van der Waals surface area contributed by atoms with Crippen LogP contribution in [0.4, 0.5) is 10.6 Å². The number of carbonyl (C=O) groups excluding carboxylic acids is 2. The fourth-order valence-corrected chi connectivity index (χ4v) is 7.23. The molecule has 272 valence electrons. The van der Waals surface area contributed by atoms with Crippen molar-refractivity contribution in [1.29, 1.82) is 0 Å². The van der Waals surface area contributed by atoms with Crippen molar-refractivity contribution in [1.82, 2.24) is 28.5 Å². The second kappa shape index (κ2) is 14.3. The van der Waals surface area contributed by atoms with E-state index in [-0.39, 0.29) is 30.0 Å². The minimum atomic E-state index is -0.644. The number of carbonyl (C=O) groups is 2. The molecule has 2 aromatic carbocycles. The van der Waals surface area contributed by atoms with Gasteiger partial charge in [-0.25, -0.2) is 9.59 Å². The maximum absolute atomic E-state index is 14.9. The Kier molecular flexibility index (Phi) is 9.62. The predicted molar refractivity (Wildman–Crippen MR) is 199 cm³/mol. The Balaban J connectivity index is 1.44. The number of aromatic nitrogens is 4. The lowest BCUT2D eigenvalue weighted by Gasteiger charge is -2.30. The van der Waals surface area contributed by atoms with E-state index in [4.69, 9.17) is 9.47 Å². The van der Waals surface area contributed by atoms with Gasteiger partial charge in [0.05, 0.1) is 31.0 Å². The van der Waals surface area contributed by atoms with Gasteiger partial charge < -0.3 is 28.7 Å². The number of benzene rings is 2. The van der Waals surface area contributed by atoms with Crippen molar-refractivity contribution in [2.75, 3.05) is 57.4 Å². The van der Waals surface area contributed by atoms with Gasteiger partial charge in [0, 0.05) is 64.4 Å². The maximum atomic E-state index is 14.9. The third-order valence-corrected chi connectivity index (χ3v) is 9.72. The molecule has 0 bridgehead atoms. The minimum absolute atomic E-state index is 0.0457. The molecule has 0 spiro atoms. The largest absolute Gasteiger partial charge is 0.444 e. The Labute approximate surface area is 301 Å². The average Bonchev–Trinajstić information content (AvgIpc) is 3.27. The van der Waals surface area contributed by atoms with Gasteiger partial charge in [-0.15, -0.1) is 0 Å². The van der Waals surface area contributed by atoms with Gasteiger partial charge in [0.1, 0.15) is 22.5 Å². The van der Waals surface area contributed by atoms with Crippen LogP contribution in [0.25, 0.3) is 21.8 Å². The summed E-state index contributed by atoms with van der Waals surface area (Å²) in [5.41, 5.74) is 0.665. The van der Waals surface area contributed by atoms with Gasteiger partial charge in [-0.3, -0.25) is 23.7 Å². The molecule has 2 aliphatic rings. The Morgan fingerprint density at radius 2 is 1.54 bits per heavy atom. The summed E-state index contributed by atoms with van der Waals surface area (Å²) in [6, 6.07) is 19.4. The second-order valence-corrected chi connectivity index (χ2v) is 14.4. The Hall–Kier alpha value is -5.43. The normalized spacial score (nSPS) is 15.7. The molecule has 0 unspecified atom stereocenters. The van der Waals surface area contributed by atoms with Gasteiger partial charge in [-0.2, -0.15) is 0 Å². The number of amides is 2. The van der Waals surface area contributed by atoms with Crippen LogP contribution >= 0.6 is 0 Å². The van der Waals surface area contributed by atoms with Gasteiger partial charge >= 0.3 is 11.8 Å². The number of hydrogen-bond donors (Lipinski definition) is 0. The molecule has 7 rings (SSSR count). The van der Waals surface area contributed by atoms with Gasteiger partial charge in [0.2, 0.25) is 0 Å². The average molecular weight is 708 g/mol. The molecular formula is C39H45N7O6. The number of fused-ring (bicyclic) bond motifs is 2. The zero-order valence-electron chi connectivity index (χ0n) is 30.2. The molecule has 5 aromatic rings. The lowest BCUT2D eigenvalue weighted by Crippen LogP contribution is -2.42. The van der Waals surface area contributed by atoms with Crippen molar-refractivity contribution < 1.29 is 19.1 Å². The number of rotatable bonds is 6. The van der Waals surface area contributed by atoms with Crippen molar-refractivity contribution in [3.05, 3.63) is 105 Å². The van der Waals surface area contributed by atoms with E-state index in [0.29, 0.717) is 76.0 Å². The van der Waals surface area contributed by atoms with Gasteiger partial charge in [0.25, 0.3) is 11.5 Å². The van der Waals surface area contributed by atoms with Crippen molar-refractivity contribution in [3.63, 3.8) is 0 Å². The van der Waals surface area contributed by atoms with E-state index in [1.54, 1.807) is 23.0 Å². The maximum Gasteiger partial charge on any atom is 0.410 e. The second-order valence-electron chi connectivity index (χ2n) is 14.4. The SMILES string of the molecule is Cn1c(=O)n(Cc2nccc3ccccc23)c(=O)c2c1c(C(=O)N1CCOCC1)c(N1CCCN(C(=O)OC(C)(C)C)CC1)n2Cc1ccccc1. The molecular weight excluding hydrogens is 662 g/mol. The number of morpholine rings is 1. The Morgan fingerprint density at radius 3 is 2.29 bits per heavy atom. The highest BCUT2D eigenvalue weighted by atomic mass is 16.6. The third-order valence-electron chi connectivity index (χ3n) is 9.72. The Morgan fingerprint density at radius 1 is 0.808 bits per heavy atom. The van der Waals surface area contributed by atoms with Crippen LogP contribution in [0.3, 0.4) is 0 Å². The van der Waals surface area contributed by atoms with E-state index in [1.165, 1.54) is 9.13 Å². The van der Waals surface area contributed by atoms with E-state index < -0.39 is 22.9 Å². The van der Waals surface area contributed by atoms with E-state index >= 15 is 0 Å². The zero-order valence-corrected chi connectivity index (χ0v) is 30.2. The molecule has 2 saturated heterocycles. The van der Waals surface area contributed by atoms with Crippen molar-refractivity contribution in [2.45, 2.75) is 45.9 Å². The number of nitrogens with zero attached hydrogens (tertiary/aromatic N) is 7. The number of anilines is 1. The molecule has 5 heterocycles. The molecule has 0 saturated carbocycles. The van der Waals surface area contributed by atoms with Crippen LogP contribution in [0.5, 0.6) is 0 Å². The van der Waals surface area contributed by atoms with Gasteiger partial charge in [-0.05, 0) is 44.2 Å². The molecule has 2 aliphatic heterocycles. The topological polar surface area (TPSA) is 124 Å². The lowest BCUT2D eigenvalue weighted by atomic mass is 10.1. The van der Waals surface area contributed by atoms with Crippen molar-refractivity contribution >= 4 is 39.6 Å². The summed E-state index contributed by atoms with van der Waals surface area (Å²) >= 11 is 0. The molecule has 13 nitrogen and oxygen atoms in total. The van der Waals surface area contributed by atoms with Crippen LogP contribution in [-0.2, 0) is 29.6 Å². The molecule has 2 amide bonds. The standard InChI is InChI=1S/C39H45N7O6/c1-39(2,3)52-38(50)44-18-10-17-42(19-20-44)34-31(35(47)43-21-23-51-24-22-43)32-33(45(34)25-27-11-6-5-7-12-27)36(48)46(37(49)41(32)4)26-30-29-14-9-8-13-28(29)15-16-40-30/h5-9,11-16H,10,17-26H2,1-4H3. The van der Waals surface area contributed by atoms with Crippen molar-refractivity contribution in [2.24, 2.45) is 7.05 Å². The molecule has 52 heavy (non-hydrogen) atoms. The zero-order chi connectivity index (χ0) is 36.6. The first-order valence-electron chi connectivity index (χ1n) is 17.8. The number of hydrogen-bond acceptors (Lipinski definition) is 8. The Bertz CT molecular complexity index is 2240. The first-order valence-corrected chi connectivity index (χ1v) is 17.8. The highest BCUT2D eigenvalue weighted by Crippen LogP contribution is 2.34. The van der Waals surface area contributed by atoms with E-state index in [1.807, 2.05) is 86.0 Å². The molecule has 13 heteroatoms. The van der Waals surface area contributed by atoms with Crippen LogP contribution in [0.15, 0.2) is 76.4 Å². The minimum Gasteiger partial charge on any atom is -0.444 e. The van der Waals surface area contributed by atoms with Crippen LogP contribution in [0.2, 0.25) is 0 Å². The van der Waals surface area contributed by atoms with E-state index in [9.17, 15) is 19.2 Å². The van der Waals surface area contributed by atoms with Gasteiger partial charge in [-0.1, -0.05) is 54.6 Å². The molecule has 0 radical (unpaired) electrons. The number of aryl methyl sites for hydroxylation is 1. The van der Waals surface area contributed by atoms with E-state index in [2.05, 4.69) is 9.88 Å². The van der Waals surface area contributed by atoms with Gasteiger partial charge in [0.15, 0.2) is 0 Å². The van der Waals surface area contributed by atoms with Crippen LogP contribution in [0, 0.1) is 0 Å². The summed E-state index contributed by atoms with van der Waals surface area (Å²) in [4.78, 5) is 67.2. The number of ether oxygens (including phenoxy) is 2. The third kappa shape index (κ3) is 6.80. The summed E-state index contributed by atoms with van der Waals surface area (Å²) in [7, 11) is 1.62. The quantitative estimate of drug-likeness (QED) is 0.259. The molecule has 2 fully saturated rings. The highest BCUT2D eigenvalue weighted by molar-refractivity contribution is 6.11. The monoisotopic (exact) mass is 707 g/mol. The summed E-state index contributed by atoms with van der Waals surface area (Å²) in [6.45, 7) is 9.02. The fourth-order valence-electron chi connectivity index (χ4n) is 7.23. The summed E-state index contributed by atoms with van der Waals surface area (Å²) in [6.07, 6.45) is 1.89. The summed E-state index contributed by atoms with van der Waals surface area (Å²) in [5, 5.41) is 1.80. The summed E-state index contributed by atoms with van der Waals surface area (Å²) < 4.78 is 15.8. The first-order chi connectivity index (χ1) is 25.0. The molecule has 0 aliphatic carbocycles. The fraction of sp³-hybridized carbons (Fsp3) is 0.410. The first kappa shape index (κ1) is 35.0. The van der Waals surface area contributed by atoms with Crippen LogP contribution in [0.1, 0.15) is 48.8 Å². The molecule has 0 atom stereocenters. The lowest BCUT2D eigenvalue weighted by molar-refractivity contribution is 0.0262. The smallest absolute Gasteiger partial charge is 0.410 e. The van der Waals surface area contributed by atoms with Crippen LogP contribution < -0.4 is 16.1 Å². The number of pyridine rings is 1. The summed E-state index contributed by atoms with van der Waals surface area (Å²) in [5.74, 6) is 0.278.